The van der Waals surface area contributed by atoms with Crippen LogP contribution in [0.5, 0.6) is 0 Å². The van der Waals surface area contributed by atoms with Gasteiger partial charge in [0.1, 0.15) is 0 Å². The maximum Gasteiger partial charge on any atom is 0.0725 e. The van der Waals surface area contributed by atoms with Crippen LogP contribution in [-0.4, -0.2) is 6.54 Å². The topological polar surface area (TPSA) is 21.3 Å². The molecule has 2 aliphatic rings. The second kappa shape index (κ2) is 4.36. The highest BCUT2D eigenvalue weighted by Gasteiger charge is 2.50. The molecule has 1 fully saturated rings. The van der Waals surface area contributed by atoms with Crippen molar-refractivity contribution in [2.45, 2.75) is 46.4 Å². The van der Waals surface area contributed by atoms with Crippen molar-refractivity contribution in [3.63, 3.8) is 0 Å². The molecule has 18 heavy (non-hydrogen) atoms. The number of hydrogen-bond donors (Lipinski definition) is 1. The SMILES string of the molecule is CCNC(c1ccc2c(c1)COC2)C1CC1(C)C. The van der Waals surface area contributed by atoms with Crippen LogP contribution in [0.1, 0.15) is 49.9 Å². The highest BCUT2D eigenvalue weighted by Crippen LogP contribution is 2.57. The van der Waals surface area contributed by atoms with Gasteiger partial charge in [-0.15, -0.1) is 0 Å². The van der Waals surface area contributed by atoms with Gasteiger partial charge in [0, 0.05) is 6.04 Å². The van der Waals surface area contributed by atoms with Gasteiger partial charge in [-0.25, -0.2) is 0 Å². The Morgan fingerprint density at radius 2 is 2.06 bits per heavy atom. The summed E-state index contributed by atoms with van der Waals surface area (Å²) in [6.07, 6.45) is 1.33. The van der Waals surface area contributed by atoms with Gasteiger partial charge >= 0.3 is 0 Å². The fourth-order valence-electron chi connectivity index (χ4n) is 3.17. The summed E-state index contributed by atoms with van der Waals surface area (Å²) < 4.78 is 5.51. The Morgan fingerprint density at radius 3 is 2.72 bits per heavy atom. The molecule has 0 spiro atoms. The molecule has 0 saturated heterocycles. The summed E-state index contributed by atoms with van der Waals surface area (Å²) in [7, 11) is 0. The van der Waals surface area contributed by atoms with E-state index in [2.05, 4.69) is 44.3 Å². The van der Waals surface area contributed by atoms with Crippen LogP contribution in [0.2, 0.25) is 0 Å². The fraction of sp³-hybridized carbons (Fsp3) is 0.625. The van der Waals surface area contributed by atoms with Gasteiger partial charge in [-0.3, -0.25) is 0 Å². The Bertz CT molecular complexity index is 452. The van der Waals surface area contributed by atoms with Crippen molar-refractivity contribution >= 4 is 0 Å². The molecule has 2 unspecified atom stereocenters. The maximum atomic E-state index is 5.51. The summed E-state index contributed by atoms with van der Waals surface area (Å²) in [6, 6.07) is 7.40. The Balaban J connectivity index is 1.86. The minimum absolute atomic E-state index is 0.502. The van der Waals surface area contributed by atoms with E-state index >= 15 is 0 Å². The van der Waals surface area contributed by atoms with E-state index in [4.69, 9.17) is 4.74 Å². The fourth-order valence-corrected chi connectivity index (χ4v) is 3.17. The normalized spacial score (nSPS) is 25.8. The predicted octanol–water partition coefficient (Wildman–Crippen LogP) is 3.41. The molecular formula is C16H23NO. The van der Waals surface area contributed by atoms with Crippen LogP contribution in [0, 0.1) is 11.3 Å². The summed E-state index contributed by atoms with van der Waals surface area (Å²) in [6.45, 7) is 9.55. The molecule has 0 radical (unpaired) electrons. The quantitative estimate of drug-likeness (QED) is 0.877. The molecule has 1 aliphatic heterocycles. The van der Waals surface area contributed by atoms with Gasteiger partial charge in [0.25, 0.3) is 0 Å². The van der Waals surface area contributed by atoms with Crippen molar-refractivity contribution in [3.05, 3.63) is 34.9 Å². The van der Waals surface area contributed by atoms with Gasteiger partial charge in [0.2, 0.25) is 0 Å². The van der Waals surface area contributed by atoms with Crippen LogP contribution in [0.25, 0.3) is 0 Å². The second-order valence-corrected chi connectivity index (χ2v) is 6.36. The van der Waals surface area contributed by atoms with Crippen LogP contribution >= 0.6 is 0 Å². The Morgan fingerprint density at radius 1 is 1.33 bits per heavy atom. The summed E-state index contributed by atoms with van der Waals surface area (Å²) >= 11 is 0. The zero-order valence-electron chi connectivity index (χ0n) is 11.6. The zero-order valence-corrected chi connectivity index (χ0v) is 11.6. The average molecular weight is 245 g/mol. The van der Waals surface area contributed by atoms with E-state index in [1.54, 1.807) is 0 Å². The monoisotopic (exact) mass is 245 g/mol. The van der Waals surface area contributed by atoms with Gasteiger partial charge < -0.3 is 10.1 Å². The first-order chi connectivity index (χ1) is 8.62. The third-order valence-electron chi connectivity index (χ3n) is 4.52. The number of nitrogens with one attached hydrogen (secondary N) is 1. The molecule has 0 bridgehead atoms. The van der Waals surface area contributed by atoms with E-state index in [1.165, 1.54) is 23.1 Å². The summed E-state index contributed by atoms with van der Waals surface area (Å²) in [5.41, 5.74) is 4.69. The molecular weight excluding hydrogens is 222 g/mol. The predicted molar refractivity (Wildman–Crippen MR) is 73.2 cm³/mol. The molecule has 0 aromatic heterocycles. The maximum absolute atomic E-state index is 5.51. The summed E-state index contributed by atoms with van der Waals surface area (Å²) in [5, 5.41) is 3.67. The van der Waals surface area contributed by atoms with E-state index in [0.717, 1.165) is 25.7 Å². The minimum Gasteiger partial charge on any atom is -0.372 e. The van der Waals surface area contributed by atoms with E-state index in [-0.39, 0.29) is 0 Å². The van der Waals surface area contributed by atoms with Crippen molar-refractivity contribution in [1.82, 2.24) is 5.32 Å². The van der Waals surface area contributed by atoms with Crippen LogP contribution < -0.4 is 5.32 Å². The number of rotatable bonds is 4. The molecule has 1 aromatic carbocycles. The van der Waals surface area contributed by atoms with E-state index in [9.17, 15) is 0 Å². The molecule has 1 aromatic rings. The third kappa shape index (κ3) is 2.08. The van der Waals surface area contributed by atoms with Crippen molar-refractivity contribution < 1.29 is 4.74 Å². The molecule has 2 atom stereocenters. The molecule has 1 heterocycles. The van der Waals surface area contributed by atoms with Crippen LogP contribution in [0.15, 0.2) is 18.2 Å². The minimum atomic E-state index is 0.502. The Kier molecular flexibility index (Phi) is 2.95. The number of ether oxygens (including phenoxy) is 1. The lowest BCUT2D eigenvalue weighted by atomic mass is 9.94. The van der Waals surface area contributed by atoms with Crippen LogP contribution in [0.4, 0.5) is 0 Å². The van der Waals surface area contributed by atoms with Gasteiger partial charge in [-0.05, 0) is 41.0 Å². The standard InChI is InChI=1S/C16H23NO/c1-4-17-15(14-8-16(14,2)3)11-5-6-12-9-18-10-13(12)7-11/h5-7,14-15,17H,4,8-10H2,1-3H3. The highest BCUT2D eigenvalue weighted by molar-refractivity contribution is 5.35. The number of benzene rings is 1. The average Bonchev–Trinajstić information content (AvgIpc) is 2.77. The first kappa shape index (κ1) is 12.2. The third-order valence-corrected chi connectivity index (χ3v) is 4.52. The van der Waals surface area contributed by atoms with Gasteiger partial charge in [-0.2, -0.15) is 0 Å². The van der Waals surface area contributed by atoms with E-state index in [1.807, 2.05) is 0 Å². The number of hydrogen-bond acceptors (Lipinski definition) is 2. The first-order valence-electron chi connectivity index (χ1n) is 7.04. The molecule has 1 saturated carbocycles. The molecule has 1 N–H and O–H groups in total. The molecule has 2 heteroatoms. The first-order valence-corrected chi connectivity index (χ1v) is 7.04. The number of fused-ring (bicyclic) bond motifs is 1. The van der Waals surface area contributed by atoms with Crippen LogP contribution in [0.3, 0.4) is 0 Å². The lowest BCUT2D eigenvalue weighted by Gasteiger charge is -2.21. The van der Waals surface area contributed by atoms with Crippen molar-refractivity contribution in [1.29, 1.82) is 0 Å². The van der Waals surface area contributed by atoms with Crippen molar-refractivity contribution in [2.24, 2.45) is 11.3 Å². The van der Waals surface area contributed by atoms with Crippen molar-refractivity contribution in [3.8, 4) is 0 Å². The Labute approximate surface area is 110 Å². The molecule has 2 nitrogen and oxygen atoms in total. The largest absolute Gasteiger partial charge is 0.372 e. The van der Waals surface area contributed by atoms with E-state index in [0.29, 0.717) is 11.5 Å². The Hall–Kier alpha value is -0.860. The smallest absolute Gasteiger partial charge is 0.0725 e. The highest BCUT2D eigenvalue weighted by atomic mass is 16.5. The van der Waals surface area contributed by atoms with Crippen LogP contribution in [-0.2, 0) is 18.0 Å². The second-order valence-electron chi connectivity index (χ2n) is 6.36. The van der Waals surface area contributed by atoms with Gasteiger partial charge in [0.05, 0.1) is 13.2 Å². The van der Waals surface area contributed by atoms with Gasteiger partial charge in [-0.1, -0.05) is 39.0 Å². The molecule has 0 amide bonds. The van der Waals surface area contributed by atoms with E-state index < -0.39 is 0 Å². The zero-order chi connectivity index (χ0) is 12.8. The summed E-state index contributed by atoms with van der Waals surface area (Å²) in [5.74, 6) is 0.776. The summed E-state index contributed by atoms with van der Waals surface area (Å²) in [4.78, 5) is 0. The van der Waals surface area contributed by atoms with Crippen molar-refractivity contribution in [2.75, 3.05) is 6.54 Å². The molecule has 1 aliphatic carbocycles. The molecule has 3 rings (SSSR count). The lowest BCUT2D eigenvalue weighted by molar-refractivity contribution is 0.134. The lowest BCUT2D eigenvalue weighted by Crippen LogP contribution is -2.24. The molecule has 98 valence electrons. The van der Waals surface area contributed by atoms with Gasteiger partial charge in [0.15, 0.2) is 0 Å².